The van der Waals surface area contributed by atoms with E-state index >= 15 is 0 Å². The number of carbonyl (C=O) groups excluding carboxylic acids is 1. The van der Waals surface area contributed by atoms with Crippen LogP contribution in [0.3, 0.4) is 0 Å². The molecule has 54 valence electrons. The Morgan fingerprint density at radius 3 is 3.10 bits per heavy atom. The zero-order valence-corrected chi connectivity index (χ0v) is 6.43. The lowest BCUT2D eigenvalue weighted by Crippen LogP contribution is -2.47. The quantitative estimate of drug-likeness (QED) is 0.413. The van der Waals surface area contributed by atoms with E-state index in [1.165, 1.54) is 0 Å². The lowest BCUT2D eigenvalue weighted by atomic mass is 10.2. The molecule has 0 bridgehead atoms. The van der Waals surface area contributed by atoms with Crippen molar-refractivity contribution >= 4 is 17.7 Å². The monoisotopic (exact) mass is 155 g/mol. The molecule has 0 saturated carbocycles. The number of thioether (sulfide) groups is 1. The summed E-state index contributed by atoms with van der Waals surface area (Å²) in [7, 11) is 0. The molecular weight excluding hydrogens is 146 g/mol. The highest BCUT2D eigenvalue weighted by molar-refractivity contribution is 8.01. The number of hydrogen-bond donors (Lipinski definition) is 0. The molecule has 2 nitrogen and oxygen atoms in total. The van der Waals surface area contributed by atoms with Crippen LogP contribution < -0.4 is 0 Å². The van der Waals surface area contributed by atoms with Gasteiger partial charge in [0.25, 0.3) is 0 Å². The van der Waals surface area contributed by atoms with E-state index in [1.807, 2.05) is 22.7 Å². The first-order valence-electron chi connectivity index (χ1n) is 3.39. The van der Waals surface area contributed by atoms with Gasteiger partial charge in [-0.1, -0.05) is 6.08 Å². The van der Waals surface area contributed by atoms with Gasteiger partial charge in [0.05, 0.1) is 11.8 Å². The molecule has 2 heterocycles. The largest absolute Gasteiger partial charge is 0.329 e. The number of nitrogens with zero attached hydrogens (tertiary/aromatic N) is 1. The molecule has 2 saturated heterocycles. The third kappa shape index (κ3) is 0.700. The van der Waals surface area contributed by atoms with Gasteiger partial charge in [0.1, 0.15) is 0 Å². The van der Waals surface area contributed by atoms with E-state index in [0.29, 0.717) is 16.5 Å². The second-order valence-electron chi connectivity index (χ2n) is 2.62. The van der Waals surface area contributed by atoms with E-state index in [4.69, 9.17) is 0 Å². The fraction of sp³-hybridized carbons (Fsp3) is 0.571. The van der Waals surface area contributed by atoms with Crippen molar-refractivity contribution in [2.45, 2.75) is 17.0 Å². The normalized spacial score (nSPS) is 37.2. The maximum atomic E-state index is 10.9. The van der Waals surface area contributed by atoms with Crippen LogP contribution in [0.25, 0.3) is 0 Å². The molecule has 2 fully saturated rings. The van der Waals surface area contributed by atoms with Crippen molar-refractivity contribution in [3.8, 4) is 0 Å². The highest BCUT2D eigenvalue weighted by atomic mass is 32.2. The summed E-state index contributed by atoms with van der Waals surface area (Å²) in [6, 6.07) is 0. The van der Waals surface area contributed by atoms with Crippen molar-refractivity contribution in [2.24, 2.45) is 0 Å². The summed E-state index contributed by atoms with van der Waals surface area (Å²) in [5.41, 5.74) is 0. The van der Waals surface area contributed by atoms with Crippen LogP contribution in [-0.4, -0.2) is 28.0 Å². The lowest BCUT2D eigenvalue weighted by Gasteiger charge is -2.32. The SMILES string of the molecule is C=C[C@@H]1CN2C(=O)C[C@H]2S1. The highest BCUT2D eigenvalue weighted by Crippen LogP contribution is 2.39. The summed E-state index contributed by atoms with van der Waals surface area (Å²) >= 11 is 1.85. The Kier molecular flexibility index (Phi) is 1.27. The van der Waals surface area contributed by atoms with Gasteiger partial charge < -0.3 is 4.90 Å². The van der Waals surface area contributed by atoms with Gasteiger partial charge in [-0.2, -0.15) is 0 Å². The van der Waals surface area contributed by atoms with Crippen LogP contribution in [0.1, 0.15) is 6.42 Å². The summed E-state index contributed by atoms with van der Waals surface area (Å²) in [5.74, 6) is 0.307. The van der Waals surface area contributed by atoms with Crippen molar-refractivity contribution < 1.29 is 4.79 Å². The molecule has 2 atom stereocenters. The molecule has 2 rings (SSSR count). The molecule has 0 aromatic rings. The summed E-state index contributed by atoms with van der Waals surface area (Å²) in [5, 5.41) is 0.965. The number of hydrogen-bond acceptors (Lipinski definition) is 2. The zero-order valence-electron chi connectivity index (χ0n) is 5.62. The molecule has 10 heavy (non-hydrogen) atoms. The van der Waals surface area contributed by atoms with Crippen LogP contribution in [0.4, 0.5) is 0 Å². The Bertz CT molecular complexity index is 192. The maximum Gasteiger partial charge on any atom is 0.226 e. The predicted molar refractivity (Wildman–Crippen MR) is 41.7 cm³/mol. The average molecular weight is 155 g/mol. The van der Waals surface area contributed by atoms with E-state index in [-0.39, 0.29) is 0 Å². The van der Waals surface area contributed by atoms with Crippen LogP contribution in [0.2, 0.25) is 0 Å². The molecule has 0 aromatic heterocycles. The van der Waals surface area contributed by atoms with Crippen LogP contribution in [0.15, 0.2) is 12.7 Å². The van der Waals surface area contributed by atoms with Crippen LogP contribution in [-0.2, 0) is 4.79 Å². The number of carbonyl (C=O) groups is 1. The van der Waals surface area contributed by atoms with Gasteiger partial charge in [-0.25, -0.2) is 0 Å². The zero-order chi connectivity index (χ0) is 7.14. The average Bonchev–Trinajstić information content (AvgIpc) is 2.26. The van der Waals surface area contributed by atoms with E-state index in [1.54, 1.807) is 0 Å². The Morgan fingerprint density at radius 2 is 2.60 bits per heavy atom. The molecule has 0 aromatic carbocycles. The molecule has 0 N–H and O–H groups in total. The Balaban J connectivity index is 2.05. The molecule has 0 aliphatic carbocycles. The van der Waals surface area contributed by atoms with Gasteiger partial charge in [-0.3, -0.25) is 4.79 Å². The molecule has 0 spiro atoms. The van der Waals surface area contributed by atoms with Crippen molar-refractivity contribution in [3.05, 3.63) is 12.7 Å². The van der Waals surface area contributed by atoms with Gasteiger partial charge in [-0.05, 0) is 0 Å². The first kappa shape index (κ1) is 6.28. The summed E-state index contributed by atoms with van der Waals surface area (Å²) in [6.45, 7) is 4.59. The molecule has 0 radical (unpaired) electrons. The minimum absolute atomic E-state index is 0.307. The highest BCUT2D eigenvalue weighted by Gasteiger charge is 2.43. The summed E-state index contributed by atoms with van der Waals surface area (Å²) in [4.78, 5) is 12.8. The maximum absolute atomic E-state index is 10.9. The van der Waals surface area contributed by atoms with Gasteiger partial charge >= 0.3 is 0 Å². The van der Waals surface area contributed by atoms with Crippen molar-refractivity contribution in [1.82, 2.24) is 4.90 Å². The topological polar surface area (TPSA) is 20.3 Å². The van der Waals surface area contributed by atoms with E-state index < -0.39 is 0 Å². The minimum Gasteiger partial charge on any atom is -0.329 e. The van der Waals surface area contributed by atoms with Crippen LogP contribution in [0, 0.1) is 0 Å². The third-order valence-corrected chi connectivity index (χ3v) is 3.42. The summed E-state index contributed by atoms with van der Waals surface area (Å²) < 4.78 is 0. The lowest BCUT2D eigenvalue weighted by molar-refractivity contribution is -0.140. The second kappa shape index (κ2) is 2.02. The second-order valence-corrected chi connectivity index (χ2v) is 4.04. The minimum atomic E-state index is 0.307. The number of rotatable bonds is 1. The Hall–Kier alpha value is -0.440. The molecule has 0 unspecified atom stereocenters. The van der Waals surface area contributed by atoms with Gasteiger partial charge in [0.15, 0.2) is 0 Å². The predicted octanol–water partition coefficient (Wildman–Crippen LogP) is 0.846. The molecular formula is C7H9NOS. The Labute approximate surface area is 64.3 Å². The number of β-lactam (4-membered cyclic amide) rings is 1. The molecule has 2 aliphatic rings. The fourth-order valence-electron chi connectivity index (χ4n) is 1.33. The van der Waals surface area contributed by atoms with E-state index in [0.717, 1.165) is 13.0 Å². The Morgan fingerprint density at radius 1 is 1.80 bits per heavy atom. The fourth-order valence-corrected chi connectivity index (χ4v) is 2.69. The third-order valence-electron chi connectivity index (χ3n) is 1.99. The van der Waals surface area contributed by atoms with Crippen LogP contribution in [0.5, 0.6) is 0 Å². The number of fused-ring (bicyclic) bond motifs is 1. The van der Waals surface area contributed by atoms with E-state index in [2.05, 4.69) is 6.58 Å². The van der Waals surface area contributed by atoms with Gasteiger partial charge in [0.2, 0.25) is 5.91 Å². The van der Waals surface area contributed by atoms with Crippen molar-refractivity contribution in [1.29, 1.82) is 0 Å². The summed E-state index contributed by atoms with van der Waals surface area (Å²) in [6.07, 6.45) is 2.67. The number of amides is 1. The molecule has 2 aliphatic heterocycles. The molecule has 1 amide bonds. The van der Waals surface area contributed by atoms with Crippen LogP contribution >= 0.6 is 11.8 Å². The first-order valence-corrected chi connectivity index (χ1v) is 4.33. The van der Waals surface area contributed by atoms with Gasteiger partial charge in [0, 0.05) is 11.8 Å². The van der Waals surface area contributed by atoms with E-state index in [9.17, 15) is 4.79 Å². The van der Waals surface area contributed by atoms with Crippen molar-refractivity contribution in [3.63, 3.8) is 0 Å². The first-order chi connectivity index (χ1) is 4.81. The van der Waals surface area contributed by atoms with Gasteiger partial charge in [-0.15, -0.1) is 18.3 Å². The molecule has 3 heteroatoms. The smallest absolute Gasteiger partial charge is 0.226 e. The standard InChI is InChI=1S/C7H9NOS/c1-2-5-4-8-6(9)3-7(8)10-5/h2,5,7H,1,3-4H2/t5-,7-/m1/s1. The van der Waals surface area contributed by atoms with Crippen molar-refractivity contribution in [2.75, 3.05) is 6.54 Å².